The highest BCUT2D eigenvalue weighted by molar-refractivity contribution is 8.00. The molecule has 3 aromatic rings. The zero-order chi connectivity index (χ0) is 20.6. The predicted molar refractivity (Wildman–Crippen MR) is 124 cm³/mol. The molecule has 2 nitrogen and oxygen atoms in total. The Morgan fingerprint density at radius 1 is 0.900 bits per heavy atom. The number of nitrogens with zero attached hydrogens (tertiary/aromatic N) is 2. The van der Waals surface area contributed by atoms with Crippen LogP contribution in [0.15, 0.2) is 97.5 Å². The monoisotopic (exact) mass is 416 g/mol. The van der Waals surface area contributed by atoms with E-state index >= 15 is 0 Å². The summed E-state index contributed by atoms with van der Waals surface area (Å²) in [5.41, 5.74) is 4.89. The number of halogens is 1. The molecule has 0 saturated carbocycles. The average Bonchev–Trinajstić information content (AvgIpc) is 2.80. The Kier molecular flexibility index (Phi) is 6.99. The summed E-state index contributed by atoms with van der Waals surface area (Å²) in [5.74, 6) is 0.893. The van der Waals surface area contributed by atoms with Crippen molar-refractivity contribution in [3.63, 3.8) is 0 Å². The van der Waals surface area contributed by atoms with Gasteiger partial charge in [-0.2, -0.15) is 0 Å². The van der Waals surface area contributed by atoms with Crippen molar-refractivity contribution in [2.75, 3.05) is 5.75 Å². The van der Waals surface area contributed by atoms with Gasteiger partial charge in [0.1, 0.15) is 5.82 Å². The van der Waals surface area contributed by atoms with E-state index in [9.17, 15) is 4.39 Å². The normalized spacial score (nSPS) is 15.5. The molecule has 0 fully saturated rings. The first kappa shape index (κ1) is 20.4. The Labute approximate surface area is 182 Å². The number of pyridine rings is 1. The molecule has 0 spiro atoms. The maximum atomic E-state index is 13.0. The minimum absolute atomic E-state index is 0.170. The summed E-state index contributed by atoms with van der Waals surface area (Å²) >= 11 is 1.95. The van der Waals surface area contributed by atoms with Gasteiger partial charge in [-0.3, -0.25) is 4.98 Å². The summed E-state index contributed by atoms with van der Waals surface area (Å²) in [4.78, 5) is 6.49. The summed E-state index contributed by atoms with van der Waals surface area (Å²) in [6.45, 7) is 0.870. The molecule has 0 amide bonds. The number of rotatable bonds is 8. The van der Waals surface area contributed by atoms with E-state index in [0.717, 1.165) is 25.1 Å². The molecule has 0 bridgehead atoms. The summed E-state index contributed by atoms with van der Waals surface area (Å²) in [5, 5.41) is 0.327. The third kappa shape index (κ3) is 5.61. The lowest BCUT2D eigenvalue weighted by Gasteiger charge is -2.30. The van der Waals surface area contributed by atoms with E-state index in [4.69, 9.17) is 0 Å². The maximum Gasteiger partial charge on any atom is 0.123 e. The predicted octanol–water partition coefficient (Wildman–Crippen LogP) is 6.47. The van der Waals surface area contributed by atoms with Crippen LogP contribution in [0.25, 0.3) is 11.1 Å². The number of hydrogen-bond donors (Lipinski definition) is 0. The Balaban J connectivity index is 1.33. The van der Waals surface area contributed by atoms with Crippen molar-refractivity contribution in [1.82, 2.24) is 9.88 Å². The SMILES string of the molecule is Fc1ccc(CCCSC2C=CC=CN2Cc2cccc(-c3ccncc3)c2)cc1. The second-order valence-corrected chi connectivity index (χ2v) is 8.55. The molecule has 0 N–H and O–H groups in total. The summed E-state index contributed by atoms with van der Waals surface area (Å²) in [6, 6.07) is 19.6. The number of thioether (sulfide) groups is 1. The van der Waals surface area contributed by atoms with Crippen LogP contribution in [-0.4, -0.2) is 21.0 Å². The quantitative estimate of drug-likeness (QED) is 0.392. The van der Waals surface area contributed by atoms with Gasteiger partial charge in [0.2, 0.25) is 0 Å². The maximum absolute atomic E-state index is 13.0. The molecule has 0 aliphatic carbocycles. The molecule has 1 aromatic heterocycles. The topological polar surface area (TPSA) is 16.1 Å². The van der Waals surface area contributed by atoms with Crippen molar-refractivity contribution in [3.8, 4) is 11.1 Å². The van der Waals surface area contributed by atoms with Crippen molar-refractivity contribution in [1.29, 1.82) is 0 Å². The van der Waals surface area contributed by atoms with Crippen LogP contribution in [0.3, 0.4) is 0 Å². The first-order chi connectivity index (χ1) is 14.8. The molecule has 4 heteroatoms. The molecule has 2 aromatic carbocycles. The van der Waals surface area contributed by atoms with Gasteiger partial charge in [0.05, 0.1) is 5.37 Å². The van der Waals surface area contributed by atoms with Crippen molar-refractivity contribution >= 4 is 11.8 Å². The van der Waals surface area contributed by atoms with Gasteiger partial charge >= 0.3 is 0 Å². The third-order valence-corrected chi connectivity index (χ3v) is 6.40. The molecular formula is C26H25FN2S. The van der Waals surface area contributed by atoms with Gasteiger partial charge < -0.3 is 4.90 Å². The first-order valence-electron chi connectivity index (χ1n) is 10.2. The zero-order valence-corrected chi connectivity index (χ0v) is 17.6. The summed E-state index contributed by atoms with van der Waals surface area (Å²) in [7, 11) is 0. The van der Waals surface area contributed by atoms with Gasteiger partial charge in [0, 0.05) is 25.1 Å². The minimum Gasteiger partial charge on any atom is -0.358 e. The minimum atomic E-state index is -0.170. The van der Waals surface area contributed by atoms with Gasteiger partial charge in [-0.05, 0) is 77.3 Å². The van der Waals surface area contributed by atoms with Crippen LogP contribution in [0.5, 0.6) is 0 Å². The van der Waals surface area contributed by atoms with Crippen LogP contribution in [0.1, 0.15) is 17.5 Å². The van der Waals surface area contributed by atoms with Crippen molar-refractivity contribution in [3.05, 3.63) is 114 Å². The first-order valence-corrected chi connectivity index (χ1v) is 11.3. The number of aromatic nitrogens is 1. The molecule has 0 radical (unpaired) electrons. The second-order valence-electron chi connectivity index (χ2n) is 7.33. The summed E-state index contributed by atoms with van der Waals surface area (Å²) in [6.07, 6.45) is 14.4. The van der Waals surface area contributed by atoms with E-state index in [1.54, 1.807) is 12.1 Å². The molecule has 1 aliphatic rings. The van der Waals surface area contributed by atoms with Crippen LogP contribution >= 0.6 is 11.8 Å². The highest BCUT2D eigenvalue weighted by Gasteiger charge is 2.15. The van der Waals surface area contributed by atoms with Crippen LogP contribution in [0.2, 0.25) is 0 Å². The van der Waals surface area contributed by atoms with E-state index in [2.05, 4.69) is 58.6 Å². The lowest BCUT2D eigenvalue weighted by molar-refractivity contribution is 0.380. The van der Waals surface area contributed by atoms with Crippen LogP contribution in [0, 0.1) is 5.82 Å². The van der Waals surface area contributed by atoms with Gasteiger partial charge in [-0.1, -0.05) is 42.5 Å². The number of aryl methyl sites for hydroxylation is 1. The molecule has 1 unspecified atom stereocenters. The lowest BCUT2D eigenvalue weighted by Crippen LogP contribution is -2.27. The fraction of sp³-hybridized carbons (Fsp3) is 0.192. The molecule has 2 heterocycles. The lowest BCUT2D eigenvalue weighted by atomic mass is 10.0. The van der Waals surface area contributed by atoms with Gasteiger partial charge in [0.25, 0.3) is 0 Å². The van der Waals surface area contributed by atoms with E-state index in [0.29, 0.717) is 5.37 Å². The number of allylic oxidation sites excluding steroid dienone is 2. The Morgan fingerprint density at radius 2 is 1.73 bits per heavy atom. The fourth-order valence-electron chi connectivity index (χ4n) is 3.54. The highest BCUT2D eigenvalue weighted by Crippen LogP contribution is 2.26. The van der Waals surface area contributed by atoms with E-state index in [-0.39, 0.29) is 5.82 Å². The van der Waals surface area contributed by atoms with Crippen LogP contribution in [0.4, 0.5) is 4.39 Å². The Bertz CT molecular complexity index is 999. The fourth-order valence-corrected chi connectivity index (χ4v) is 4.64. The molecule has 4 rings (SSSR count). The molecule has 1 atom stereocenters. The van der Waals surface area contributed by atoms with E-state index in [1.165, 1.54) is 22.3 Å². The van der Waals surface area contributed by atoms with Crippen molar-refractivity contribution in [2.45, 2.75) is 24.8 Å². The Morgan fingerprint density at radius 3 is 2.57 bits per heavy atom. The number of benzene rings is 2. The zero-order valence-electron chi connectivity index (χ0n) is 16.8. The molecule has 30 heavy (non-hydrogen) atoms. The van der Waals surface area contributed by atoms with Crippen LogP contribution in [-0.2, 0) is 13.0 Å². The molecular weight excluding hydrogens is 391 g/mol. The third-order valence-electron chi connectivity index (χ3n) is 5.11. The molecule has 0 saturated heterocycles. The van der Waals surface area contributed by atoms with Crippen molar-refractivity contribution in [2.24, 2.45) is 0 Å². The van der Waals surface area contributed by atoms with Gasteiger partial charge in [-0.25, -0.2) is 4.39 Å². The highest BCUT2D eigenvalue weighted by atomic mass is 32.2. The van der Waals surface area contributed by atoms with E-state index in [1.807, 2.05) is 48.4 Å². The average molecular weight is 417 g/mol. The largest absolute Gasteiger partial charge is 0.358 e. The number of hydrogen-bond acceptors (Lipinski definition) is 3. The van der Waals surface area contributed by atoms with E-state index < -0.39 is 0 Å². The second kappa shape index (κ2) is 10.3. The molecule has 152 valence electrons. The Hall–Kier alpha value is -2.85. The summed E-state index contributed by atoms with van der Waals surface area (Å²) < 4.78 is 13.0. The standard InChI is InChI=1S/C26H25FN2S/c27-25-11-9-21(10-12-25)6-4-18-30-26-8-1-2-17-29(26)20-22-5-3-7-24(19-22)23-13-15-28-16-14-23/h1-3,5,7-17,19,26H,4,6,18,20H2. The molecule has 1 aliphatic heterocycles. The van der Waals surface area contributed by atoms with Gasteiger partial charge in [0.15, 0.2) is 0 Å². The van der Waals surface area contributed by atoms with Gasteiger partial charge in [-0.15, -0.1) is 11.8 Å². The smallest absolute Gasteiger partial charge is 0.123 e. The van der Waals surface area contributed by atoms with Crippen molar-refractivity contribution < 1.29 is 4.39 Å². The van der Waals surface area contributed by atoms with Crippen LogP contribution < -0.4 is 0 Å².